The van der Waals surface area contributed by atoms with Crippen LogP contribution in [-0.4, -0.2) is 19.8 Å². The SMILES string of the molecule is CC(C)c1c2c(cc(Br)c1C1(C)CCCN1)OCCCO2. The van der Waals surface area contributed by atoms with E-state index in [0.29, 0.717) is 5.92 Å². The summed E-state index contributed by atoms with van der Waals surface area (Å²) in [5.41, 5.74) is 2.65. The summed E-state index contributed by atoms with van der Waals surface area (Å²) in [5.74, 6) is 2.23. The number of hydrogen-bond donors (Lipinski definition) is 1. The largest absolute Gasteiger partial charge is 0.490 e. The average Bonchev–Trinajstić information content (AvgIpc) is 2.73. The van der Waals surface area contributed by atoms with E-state index in [4.69, 9.17) is 9.47 Å². The molecule has 0 spiro atoms. The predicted octanol–water partition coefficient (Wildman–Crippen LogP) is 4.33. The van der Waals surface area contributed by atoms with Gasteiger partial charge in [-0.2, -0.15) is 0 Å². The summed E-state index contributed by atoms with van der Waals surface area (Å²) in [6, 6.07) is 2.09. The summed E-state index contributed by atoms with van der Waals surface area (Å²) in [4.78, 5) is 0. The third-order valence-electron chi connectivity index (χ3n) is 4.52. The average molecular weight is 354 g/mol. The molecule has 21 heavy (non-hydrogen) atoms. The summed E-state index contributed by atoms with van der Waals surface area (Å²) >= 11 is 3.79. The summed E-state index contributed by atoms with van der Waals surface area (Å²) in [6.07, 6.45) is 3.31. The fraction of sp³-hybridized carbons (Fsp3) is 0.647. The lowest BCUT2D eigenvalue weighted by molar-refractivity contribution is 0.295. The lowest BCUT2D eigenvalue weighted by Crippen LogP contribution is -2.35. The van der Waals surface area contributed by atoms with E-state index in [2.05, 4.69) is 48.1 Å². The van der Waals surface area contributed by atoms with E-state index in [-0.39, 0.29) is 5.54 Å². The molecule has 4 heteroatoms. The van der Waals surface area contributed by atoms with E-state index in [1.54, 1.807) is 0 Å². The zero-order valence-corrected chi connectivity index (χ0v) is 14.7. The Kier molecular flexibility index (Phi) is 4.19. The first-order chi connectivity index (χ1) is 10.0. The summed E-state index contributed by atoms with van der Waals surface area (Å²) in [7, 11) is 0. The van der Waals surface area contributed by atoms with Crippen molar-refractivity contribution in [1.29, 1.82) is 0 Å². The highest BCUT2D eigenvalue weighted by Crippen LogP contribution is 2.48. The van der Waals surface area contributed by atoms with Crippen molar-refractivity contribution in [1.82, 2.24) is 5.32 Å². The Balaban J connectivity index is 2.21. The fourth-order valence-electron chi connectivity index (χ4n) is 3.52. The first kappa shape index (κ1) is 15.2. The molecule has 116 valence electrons. The number of nitrogens with one attached hydrogen (secondary N) is 1. The van der Waals surface area contributed by atoms with Gasteiger partial charge in [0, 0.05) is 22.0 Å². The number of benzene rings is 1. The topological polar surface area (TPSA) is 30.5 Å². The molecular formula is C17H24BrNO2. The van der Waals surface area contributed by atoms with Gasteiger partial charge >= 0.3 is 0 Å². The van der Waals surface area contributed by atoms with Gasteiger partial charge in [0.1, 0.15) is 0 Å². The molecule has 3 nitrogen and oxygen atoms in total. The number of fused-ring (bicyclic) bond motifs is 1. The lowest BCUT2D eigenvalue weighted by Gasteiger charge is -2.32. The maximum absolute atomic E-state index is 6.07. The van der Waals surface area contributed by atoms with Gasteiger partial charge in [0.25, 0.3) is 0 Å². The molecule has 3 rings (SSSR count). The normalized spacial score (nSPS) is 25.2. The van der Waals surface area contributed by atoms with Gasteiger partial charge in [-0.3, -0.25) is 0 Å². The van der Waals surface area contributed by atoms with Crippen molar-refractivity contribution in [2.24, 2.45) is 0 Å². The Bertz CT molecular complexity index is 536. The van der Waals surface area contributed by atoms with E-state index >= 15 is 0 Å². The fourth-order valence-corrected chi connectivity index (χ4v) is 4.38. The summed E-state index contributed by atoms with van der Waals surface area (Å²) in [5, 5.41) is 3.68. The smallest absolute Gasteiger partial charge is 0.165 e. The molecule has 1 N–H and O–H groups in total. The van der Waals surface area contributed by atoms with Crippen molar-refractivity contribution in [2.45, 2.75) is 51.5 Å². The summed E-state index contributed by atoms with van der Waals surface area (Å²) in [6.45, 7) is 9.31. The van der Waals surface area contributed by atoms with Gasteiger partial charge < -0.3 is 14.8 Å². The number of rotatable bonds is 2. The van der Waals surface area contributed by atoms with Crippen molar-refractivity contribution in [3.05, 3.63) is 21.7 Å². The van der Waals surface area contributed by atoms with E-state index in [9.17, 15) is 0 Å². The second-order valence-corrected chi connectivity index (χ2v) is 7.40. The Labute approximate surface area is 135 Å². The van der Waals surface area contributed by atoms with Gasteiger partial charge in [0.2, 0.25) is 0 Å². The van der Waals surface area contributed by atoms with Crippen LogP contribution in [-0.2, 0) is 5.54 Å². The van der Waals surface area contributed by atoms with Gasteiger partial charge in [-0.25, -0.2) is 0 Å². The van der Waals surface area contributed by atoms with Crippen LogP contribution in [0.1, 0.15) is 57.1 Å². The zero-order chi connectivity index (χ0) is 15.0. The first-order valence-electron chi connectivity index (χ1n) is 7.90. The Hall–Kier alpha value is -0.740. The maximum Gasteiger partial charge on any atom is 0.165 e. The van der Waals surface area contributed by atoms with Crippen LogP contribution in [0.2, 0.25) is 0 Å². The molecule has 1 unspecified atom stereocenters. The first-order valence-corrected chi connectivity index (χ1v) is 8.70. The molecule has 0 aliphatic carbocycles. The van der Waals surface area contributed by atoms with Crippen LogP contribution in [0.3, 0.4) is 0 Å². The van der Waals surface area contributed by atoms with E-state index in [1.807, 2.05) is 0 Å². The van der Waals surface area contributed by atoms with Crippen molar-refractivity contribution in [3.8, 4) is 11.5 Å². The van der Waals surface area contributed by atoms with Gasteiger partial charge in [0.05, 0.1) is 13.2 Å². The van der Waals surface area contributed by atoms with Gasteiger partial charge in [-0.15, -0.1) is 0 Å². The molecule has 0 radical (unpaired) electrons. The van der Waals surface area contributed by atoms with Crippen molar-refractivity contribution in [2.75, 3.05) is 19.8 Å². The monoisotopic (exact) mass is 353 g/mol. The quantitative estimate of drug-likeness (QED) is 0.857. The van der Waals surface area contributed by atoms with E-state index in [0.717, 1.165) is 48.6 Å². The molecule has 1 saturated heterocycles. The highest BCUT2D eigenvalue weighted by Gasteiger charge is 2.37. The minimum absolute atomic E-state index is 0.0170. The Morgan fingerprint density at radius 1 is 1.24 bits per heavy atom. The van der Waals surface area contributed by atoms with Crippen LogP contribution in [0.5, 0.6) is 11.5 Å². The minimum Gasteiger partial charge on any atom is -0.490 e. The standard InChI is InChI=1S/C17H24BrNO2/c1-11(2)14-15(17(3)6-4-7-19-17)12(18)10-13-16(14)21-9-5-8-20-13/h10-11,19H,4-9H2,1-3H3. The molecule has 0 saturated carbocycles. The molecule has 2 heterocycles. The molecule has 2 aliphatic heterocycles. The molecule has 0 amide bonds. The lowest BCUT2D eigenvalue weighted by atomic mass is 9.82. The zero-order valence-electron chi connectivity index (χ0n) is 13.1. The molecule has 0 aromatic heterocycles. The van der Waals surface area contributed by atoms with Crippen molar-refractivity contribution < 1.29 is 9.47 Å². The predicted molar refractivity (Wildman–Crippen MR) is 88.4 cm³/mol. The highest BCUT2D eigenvalue weighted by atomic mass is 79.9. The van der Waals surface area contributed by atoms with Crippen molar-refractivity contribution >= 4 is 15.9 Å². The third kappa shape index (κ3) is 2.68. The van der Waals surface area contributed by atoms with Crippen LogP contribution in [0, 0.1) is 0 Å². The van der Waals surface area contributed by atoms with Crippen molar-refractivity contribution in [3.63, 3.8) is 0 Å². The Morgan fingerprint density at radius 2 is 2.00 bits per heavy atom. The maximum atomic E-state index is 6.07. The Morgan fingerprint density at radius 3 is 2.67 bits per heavy atom. The summed E-state index contributed by atoms with van der Waals surface area (Å²) < 4.78 is 13.1. The highest BCUT2D eigenvalue weighted by molar-refractivity contribution is 9.10. The molecule has 1 fully saturated rings. The minimum atomic E-state index is 0.0170. The molecule has 0 bridgehead atoms. The van der Waals surface area contributed by atoms with E-state index in [1.165, 1.54) is 17.5 Å². The molecular weight excluding hydrogens is 330 g/mol. The second kappa shape index (κ2) is 5.81. The van der Waals surface area contributed by atoms with Crippen LogP contribution in [0.25, 0.3) is 0 Å². The van der Waals surface area contributed by atoms with Crippen LogP contribution in [0.4, 0.5) is 0 Å². The van der Waals surface area contributed by atoms with Gasteiger partial charge in [-0.05, 0) is 43.9 Å². The van der Waals surface area contributed by atoms with Gasteiger partial charge in [0.15, 0.2) is 11.5 Å². The third-order valence-corrected chi connectivity index (χ3v) is 5.15. The van der Waals surface area contributed by atoms with Crippen LogP contribution < -0.4 is 14.8 Å². The molecule has 1 aromatic carbocycles. The van der Waals surface area contributed by atoms with Gasteiger partial charge in [-0.1, -0.05) is 29.8 Å². The molecule has 1 atom stereocenters. The molecule has 1 aromatic rings. The van der Waals surface area contributed by atoms with E-state index < -0.39 is 0 Å². The van der Waals surface area contributed by atoms with Crippen LogP contribution >= 0.6 is 15.9 Å². The number of hydrogen-bond acceptors (Lipinski definition) is 3. The molecule has 2 aliphatic rings. The second-order valence-electron chi connectivity index (χ2n) is 6.54. The number of ether oxygens (including phenoxy) is 2. The number of halogens is 1. The van der Waals surface area contributed by atoms with Crippen LogP contribution in [0.15, 0.2) is 10.5 Å².